The number of ether oxygens (including phenoxy) is 1. The molecule has 0 spiro atoms. The molecule has 0 aliphatic heterocycles. The Balaban J connectivity index is 1.64. The molecule has 1 aromatic rings. The Morgan fingerprint density at radius 2 is 2.09 bits per heavy atom. The zero-order valence-corrected chi connectivity index (χ0v) is 13.8. The summed E-state index contributed by atoms with van der Waals surface area (Å²) in [7, 11) is 0. The van der Waals surface area contributed by atoms with E-state index in [9.17, 15) is 5.11 Å². The molecule has 3 aliphatic carbocycles. The minimum absolute atomic E-state index is 0.0693. The van der Waals surface area contributed by atoms with Crippen molar-refractivity contribution in [2.24, 2.45) is 17.3 Å². The highest BCUT2D eigenvalue weighted by molar-refractivity contribution is 5.40. The Labute approximate surface area is 133 Å². The minimum atomic E-state index is -0.0693. The fourth-order valence-electron chi connectivity index (χ4n) is 5.79. The lowest BCUT2D eigenvalue weighted by molar-refractivity contribution is -0.0226. The molecule has 0 radical (unpaired) electrons. The maximum absolute atomic E-state index is 10.4. The fourth-order valence-corrected chi connectivity index (χ4v) is 5.79. The molecule has 0 heterocycles. The van der Waals surface area contributed by atoms with Crippen LogP contribution >= 0.6 is 0 Å². The molecule has 1 aromatic carbocycles. The first-order valence-corrected chi connectivity index (χ1v) is 9.07. The van der Waals surface area contributed by atoms with Gasteiger partial charge in [0.2, 0.25) is 0 Å². The molecular formula is C20H28O2. The second-order valence-corrected chi connectivity index (χ2v) is 7.85. The number of aliphatic hydroxyl groups is 1. The van der Waals surface area contributed by atoms with E-state index in [1.165, 1.54) is 37.7 Å². The van der Waals surface area contributed by atoms with E-state index in [2.05, 4.69) is 25.1 Å². The van der Waals surface area contributed by atoms with E-state index in [-0.39, 0.29) is 11.5 Å². The van der Waals surface area contributed by atoms with Crippen LogP contribution in [0.2, 0.25) is 0 Å². The average molecular weight is 300 g/mol. The van der Waals surface area contributed by atoms with Crippen LogP contribution in [0.5, 0.6) is 5.75 Å². The Morgan fingerprint density at radius 1 is 1.23 bits per heavy atom. The van der Waals surface area contributed by atoms with Crippen LogP contribution in [0.15, 0.2) is 18.2 Å². The second kappa shape index (κ2) is 5.26. The first-order valence-electron chi connectivity index (χ1n) is 9.07. The molecule has 2 nitrogen and oxygen atoms in total. The first kappa shape index (κ1) is 14.6. The third-order valence-corrected chi connectivity index (χ3v) is 6.96. The molecule has 0 bridgehead atoms. The van der Waals surface area contributed by atoms with Crippen LogP contribution in [0, 0.1) is 17.3 Å². The molecule has 5 unspecified atom stereocenters. The van der Waals surface area contributed by atoms with Crippen molar-refractivity contribution in [3.05, 3.63) is 29.3 Å². The fraction of sp³-hybridized carbons (Fsp3) is 0.700. The van der Waals surface area contributed by atoms with E-state index in [1.807, 2.05) is 6.92 Å². The highest BCUT2D eigenvalue weighted by Crippen LogP contribution is 2.60. The summed E-state index contributed by atoms with van der Waals surface area (Å²) in [4.78, 5) is 0. The summed E-state index contributed by atoms with van der Waals surface area (Å²) < 4.78 is 5.67. The van der Waals surface area contributed by atoms with Crippen molar-refractivity contribution in [3.63, 3.8) is 0 Å². The predicted octanol–water partition coefficient (Wildman–Crippen LogP) is 4.30. The largest absolute Gasteiger partial charge is 0.494 e. The molecule has 2 heteroatoms. The normalized spacial score (nSPS) is 39.8. The van der Waals surface area contributed by atoms with Gasteiger partial charge in [-0.05, 0) is 91.9 Å². The number of aliphatic hydroxyl groups excluding tert-OH is 1. The molecule has 4 rings (SSSR count). The monoisotopic (exact) mass is 300 g/mol. The van der Waals surface area contributed by atoms with E-state index < -0.39 is 0 Å². The van der Waals surface area contributed by atoms with E-state index in [1.54, 1.807) is 5.56 Å². The summed E-state index contributed by atoms with van der Waals surface area (Å²) in [6, 6.07) is 6.75. The lowest BCUT2D eigenvalue weighted by Gasteiger charge is -2.50. The lowest BCUT2D eigenvalue weighted by Crippen LogP contribution is -2.43. The van der Waals surface area contributed by atoms with Crippen molar-refractivity contribution < 1.29 is 9.84 Å². The highest BCUT2D eigenvalue weighted by atomic mass is 16.5. The lowest BCUT2D eigenvalue weighted by atomic mass is 9.55. The van der Waals surface area contributed by atoms with Gasteiger partial charge in [-0.3, -0.25) is 0 Å². The van der Waals surface area contributed by atoms with Gasteiger partial charge in [0.25, 0.3) is 0 Å². The molecular weight excluding hydrogens is 272 g/mol. The summed E-state index contributed by atoms with van der Waals surface area (Å²) >= 11 is 0. The van der Waals surface area contributed by atoms with Gasteiger partial charge in [-0.25, -0.2) is 0 Å². The van der Waals surface area contributed by atoms with Crippen molar-refractivity contribution in [1.82, 2.24) is 0 Å². The number of benzene rings is 1. The van der Waals surface area contributed by atoms with Crippen molar-refractivity contribution in [1.29, 1.82) is 0 Å². The topological polar surface area (TPSA) is 29.5 Å². The number of hydrogen-bond donors (Lipinski definition) is 1. The standard InChI is InChI=1S/C20H28O2/c1-3-22-14-5-7-15-13(12-14)4-6-17-16(15)10-11-20(2)18(17)8-9-19(20)21/h5,7,12,16-19,21H,3-4,6,8-11H2,1-2H3. The molecule has 0 aromatic heterocycles. The number of hydrogen-bond acceptors (Lipinski definition) is 2. The average Bonchev–Trinajstić information content (AvgIpc) is 2.83. The second-order valence-electron chi connectivity index (χ2n) is 7.85. The SMILES string of the molecule is CCOc1ccc2c(c1)CCC1C2CCC2(C)C(O)CCC12. The van der Waals surface area contributed by atoms with E-state index in [0.29, 0.717) is 5.92 Å². The Morgan fingerprint density at radius 3 is 2.91 bits per heavy atom. The third-order valence-electron chi connectivity index (χ3n) is 6.96. The Kier molecular flexibility index (Phi) is 3.48. The zero-order valence-electron chi connectivity index (χ0n) is 13.8. The van der Waals surface area contributed by atoms with Crippen LogP contribution in [-0.2, 0) is 6.42 Å². The van der Waals surface area contributed by atoms with Gasteiger partial charge in [0.1, 0.15) is 5.75 Å². The van der Waals surface area contributed by atoms with Gasteiger partial charge >= 0.3 is 0 Å². The molecule has 0 saturated heterocycles. The summed E-state index contributed by atoms with van der Waals surface area (Å²) in [5, 5.41) is 10.4. The predicted molar refractivity (Wildman–Crippen MR) is 88.2 cm³/mol. The summed E-state index contributed by atoms with van der Waals surface area (Å²) in [6.45, 7) is 5.13. The molecule has 0 amide bonds. The van der Waals surface area contributed by atoms with Gasteiger partial charge in [0.15, 0.2) is 0 Å². The van der Waals surface area contributed by atoms with Gasteiger partial charge in [-0.1, -0.05) is 13.0 Å². The van der Waals surface area contributed by atoms with Gasteiger partial charge in [0.05, 0.1) is 12.7 Å². The smallest absolute Gasteiger partial charge is 0.119 e. The van der Waals surface area contributed by atoms with Crippen LogP contribution in [0.4, 0.5) is 0 Å². The Bertz CT molecular complexity index is 567. The maximum atomic E-state index is 10.4. The molecule has 2 saturated carbocycles. The van der Waals surface area contributed by atoms with E-state index in [0.717, 1.165) is 30.6 Å². The molecule has 120 valence electrons. The number of fused-ring (bicyclic) bond motifs is 5. The minimum Gasteiger partial charge on any atom is -0.494 e. The van der Waals surface area contributed by atoms with Crippen LogP contribution in [0.25, 0.3) is 0 Å². The highest BCUT2D eigenvalue weighted by Gasteiger charge is 2.54. The van der Waals surface area contributed by atoms with Crippen molar-refractivity contribution in [2.75, 3.05) is 6.61 Å². The summed E-state index contributed by atoms with van der Waals surface area (Å²) in [6.07, 6.45) is 7.08. The number of aryl methyl sites for hydroxylation is 1. The van der Waals surface area contributed by atoms with Crippen molar-refractivity contribution in [3.8, 4) is 5.75 Å². The van der Waals surface area contributed by atoms with E-state index in [4.69, 9.17) is 4.74 Å². The first-order chi connectivity index (χ1) is 10.6. The van der Waals surface area contributed by atoms with Crippen molar-refractivity contribution >= 4 is 0 Å². The van der Waals surface area contributed by atoms with Gasteiger partial charge in [-0.15, -0.1) is 0 Å². The zero-order chi connectivity index (χ0) is 15.3. The third kappa shape index (κ3) is 2.03. The maximum Gasteiger partial charge on any atom is 0.119 e. The summed E-state index contributed by atoms with van der Waals surface area (Å²) in [5.41, 5.74) is 3.27. The van der Waals surface area contributed by atoms with Crippen LogP contribution in [0.1, 0.15) is 63.0 Å². The molecule has 5 atom stereocenters. The molecule has 22 heavy (non-hydrogen) atoms. The Hall–Kier alpha value is -1.02. The molecule has 1 N–H and O–H groups in total. The van der Waals surface area contributed by atoms with Crippen LogP contribution in [-0.4, -0.2) is 17.8 Å². The van der Waals surface area contributed by atoms with Crippen molar-refractivity contribution in [2.45, 2.75) is 64.4 Å². The van der Waals surface area contributed by atoms with Crippen LogP contribution < -0.4 is 4.74 Å². The van der Waals surface area contributed by atoms with Gasteiger partial charge in [-0.2, -0.15) is 0 Å². The van der Waals surface area contributed by atoms with Crippen LogP contribution in [0.3, 0.4) is 0 Å². The molecule has 3 aliphatic rings. The number of rotatable bonds is 2. The summed E-state index contributed by atoms with van der Waals surface area (Å²) in [5.74, 6) is 3.24. The van der Waals surface area contributed by atoms with Gasteiger partial charge < -0.3 is 9.84 Å². The quantitative estimate of drug-likeness (QED) is 0.882. The van der Waals surface area contributed by atoms with Gasteiger partial charge in [0, 0.05) is 0 Å². The van der Waals surface area contributed by atoms with E-state index >= 15 is 0 Å². The molecule has 2 fully saturated rings.